The second-order valence-electron chi connectivity index (χ2n) is 14.2. The van der Waals surface area contributed by atoms with Crippen LogP contribution >= 0.6 is 0 Å². The molecule has 0 N–H and O–H groups in total. The molecule has 0 bridgehead atoms. The Morgan fingerprint density at radius 1 is 0.418 bits per heavy atom. The number of hydrogen-bond donors (Lipinski definition) is 0. The molecule has 4 aromatic carbocycles. The van der Waals surface area contributed by atoms with E-state index in [4.69, 9.17) is 0 Å². The molecular weight excluding hydrogens is 787 g/mol. The van der Waals surface area contributed by atoms with Gasteiger partial charge in [-0.3, -0.25) is 0 Å². The van der Waals surface area contributed by atoms with E-state index in [0.29, 0.717) is 9.54 Å². The molecule has 0 nitrogen and oxygen atoms in total. The second kappa shape index (κ2) is 24.3. The molecule has 0 fully saturated rings. The maximum Gasteiger partial charge on any atom is -1.00 e. The molecule has 0 radical (unpaired) electrons. The molecule has 0 aromatic heterocycles. The van der Waals surface area contributed by atoms with Gasteiger partial charge >= 0.3 is 174 Å². The molecule has 55 heavy (non-hydrogen) atoms. The number of benzene rings is 4. The van der Waals surface area contributed by atoms with Gasteiger partial charge in [0.2, 0.25) is 0 Å². The Bertz CT molecular complexity index is 1980. The normalized spacial score (nSPS) is 11.4. The Balaban J connectivity index is 0.000000285. The Kier molecular flexibility index (Phi) is 20.3. The molecule has 0 unspecified atom stereocenters. The Morgan fingerprint density at radius 3 is 0.964 bits per heavy atom. The van der Waals surface area contributed by atoms with E-state index >= 15 is 0 Å². The van der Waals surface area contributed by atoms with E-state index in [1.807, 2.05) is 0 Å². The summed E-state index contributed by atoms with van der Waals surface area (Å²) in [5.41, 5.74) is 15.9. The third-order valence-corrected chi connectivity index (χ3v) is 11.6. The fraction of sp³-hybridized carbons (Fsp3) is 0.385. The molecule has 0 amide bonds. The third-order valence-electron chi connectivity index (χ3n) is 10.1. The molecule has 0 saturated heterocycles. The molecular formula is C52H55Cl2Zr. The average Bonchev–Trinajstić information content (AvgIpc) is 3.65. The van der Waals surface area contributed by atoms with Crippen molar-refractivity contribution in [1.82, 2.24) is 0 Å². The van der Waals surface area contributed by atoms with Gasteiger partial charge in [0.25, 0.3) is 0 Å². The summed E-state index contributed by atoms with van der Waals surface area (Å²) in [5.74, 6) is 27.1. The summed E-state index contributed by atoms with van der Waals surface area (Å²) >= 11 is 1.53. The van der Waals surface area contributed by atoms with Crippen molar-refractivity contribution in [2.24, 2.45) is 0 Å². The molecule has 2 aliphatic carbocycles. The van der Waals surface area contributed by atoms with Gasteiger partial charge < -0.3 is 24.8 Å². The van der Waals surface area contributed by atoms with Crippen LogP contribution in [0.25, 0.3) is 22.3 Å². The van der Waals surface area contributed by atoms with Crippen LogP contribution in [0.15, 0.2) is 72.8 Å². The summed E-state index contributed by atoms with van der Waals surface area (Å²) in [5, 5.41) is 0. The van der Waals surface area contributed by atoms with Crippen LogP contribution in [-0.4, -0.2) is 0 Å². The van der Waals surface area contributed by atoms with Crippen LogP contribution in [0.4, 0.5) is 0 Å². The van der Waals surface area contributed by atoms with Gasteiger partial charge in [0.05, 0.1) is 0 Å². The fourth-order valence-electron chi connectivity index (χ4n) is 7.09. The number of halogens is 2. The molecule has 2 aliphatic rings. The molecule has 6 rings (SSSR count). The smallest absolute Gasteiger partial charge is 1.00 e. The number of hydrogen-bond acceptors (Lipinski definition) is 0. The number of fused-ring (bicyclic) bond motifs is 6. The largest absolute Gasteiger partial charge is 1.00 e. The topological polar surface area (TPSA) is 0 Å². The molecule has 0 saturated carbocycles. The van der Waals surface area contributed by atoms with Crippen LogP contribution in [0.1, 0.15) is 172 Å². The first kappa shape index (κ1) is 46.0. The van der Waals surface area contributed by atoms with Gasteiger partial charge in [-0.2, -0.15) is 0 Å². The minimum Gasteiger partial charge on any atom is -1.00 e. The van der Waals surface area contributed by atoms with Crippen LogP contribution in [0.5, 0.6) is 0 Å². The van der Waals surface area contributed by atoms with Crippen molar-refractivity contribution < 1.29 is 49.5 Å². The molecule has 0 heterocycles. The van der Waals surface area contributed by atoms with Crippen LogP contribution in [-0.2, 0) is 24.7 Å². The second-order valence-corrected chi connectivity index (χ2v) is 15.6. The summed E-state index contributed by atoms with van der Waals surface area (Å²) in [6.07, 6.45) is 14.6. The van der Waals surface area contributed by atoms with E-state index in [-0.39, 0.29) is 24.8 Å². The molecule has 0 atom stereocenters. The Labute approximate surface area is 361 Å². The SMILES string of the molecule is CCCCC#Cc1ccc2c(c1)C(CC)c1cc(C#CCCCC)ccc1-2.CCCCC#Cc1ccc2c(c1)[CH]([Zr+2])c1cc(C#CCCCC)ccc1-2.[Cl-].[Cl-]. The van der Waals surface area contributed by atoms with Crippen LogP contribution in [0.2, 0.25) is 0 Å². The molecule has 0 aliphatic heterocycles. The first-order chi connectivity index (χ1) is 26.0. The first-order valence-electron chi connectivity index (χ1n) is 20.3. The minimum atomic E-state index is 0. The monoisotopic (exact) mass is 839 g/mol. The van der Waals surface area contributed by atoms with E-state index in [1.54, 1.807) is 0 Å². The zero-order chi connectivity index (χ0) is 37.4. The molecule has 281 valence electrons. The first-order valence-corrected chi connectivity index (χ1v) is 21.7. The fourth-order valence-corrected chi connectivity index (χ4v) is 8.27. The third kappa shape index (κ3) is 12.3. The number of unbranched alkanes of at least 4 members (excludes halogenated alkanes) is 8. The standard InChI is InChI=1S/C27H30.C25H25.2ClH.Zr/c1-4-7-9-11-13-21-15-17-24-25-18-16-22(14-12-10-8-5-2)20-27(25)23(6-3)26(24)19-21;1-3-5-7-9-11-20-13-15-24-22(17-20)19-23-18-21(14-16-25(23)24)12-10-8-6-4-2;;;/h15-20,23H,4-10H2,1-3H3;13-19H,3-8H2,1-2H3;2*1H;/q;;;;+2/p-2. The van der Waals surface area contributed by atoms with E-state index in [9.17, 15) is 0 Å². The van der Waals surface area contributed by atoms with Gasteiger partial charge in [0, 0.05) is 29.9 Å². The Morgan fingerprint density at radius 2 is 0.691 bits per heavy atom. The predicted molar refractivity (Wildman–Crippen MR) is 223 cm³/mol. The van der Waals surface area contributed by atoms with Gasteiger partial charge in [-0.05, 0) is 65.8 Å². The van der Waals surface area contributed by atoms with Crippen molar-refractivity contribution in [3.63, 3.8) is 0 Å². The summed E-state index contributed by atoms with van der Waals surface area (Å²) in [6.45, 7) is 11.1. The van der Waals surface area contributed by atoms with Crippen molar-refractivity contribution in [2.75, 3.05) is 0 Å². The van der Waals surface area contributed by atoms with E-state index in [1.165, 1.54) is 121 Å². The Hall–Kier alpha value is -3.42. The van der Waals surface area contributed by atoms with E-state index < -0.39 is 0 Å². The molecule has 4 aromatic rings. The van der Waals surface area contributed by atoms with Gasteiger partial charge in [-0.25, -0.2) is 0 Å². The van der Waals surface area contributed by atoms with Gasteiger partial charge in [0.15, 0.2) is 0 Å². The summed E-state index contributed by atoms with van der Waals surface area (Å²) < 4.78 is 0.502. The van der Waals surface area contributed by atoms with Crippen molar-refractivity contribution in [3.05, 3.63) is 117 Å². The van der Waals surface area contributed by atoms with Crippen LogP contribution in [0.3, 0.4) is 0 Å². The zero-order valence-corrected chi connectivity index (χ0v) is 37.5. The van der Waals surface area contributed by atoms with Crippen molar-refractivity contribution in [2.45, 2.75) is 128 Å². The number of rotatable bonds is 9. The van der Waals surface area contributed by atoms with Crippen LogP contribution in [0, 0.1) is 47.4 Å². The predicted octanol–water partition coefficient (Wildman–Crippen LogP) is 7.69. The van der Waals surface area contributed by atoms with Gasteiger partial charge in [-0.1, -0.05) is 69.4 Å². The zero-order valence-electron chi connectivity index (χ0n) is 33.5. The van der Waals surface area contributed by atoms with Crippen molar-refractivity contribution in [3.8, 4) is 69.6 Å². The van der Waals surface area contributed by atoms with E-state index in [2.05, 4.69) is 155 Å². The average molecular weight is 842 g/mol. The molecule has 0 spiro atoms. The minimum absolute atomic E-state index is 0. The quantitative estimate of drug-likeness (QED) is 0.120. The maximum absolute atomic E-state index is 3.36. The van der Waals surface area contributed by atoms with Crippen molar-refractivity contribution in [1.29, 1.82) is 0 Å². The van der Waals surface area contributed by atoms with Crippen LogP contribution < -0.4 is 24.8 Å². The summed E-state index contributed by atoms with van der Waals surface area (Å²) in [7, 11) is 0. The molecule has 3 heteroatoms. The van der Waals surface area contributed by atoms with Crippen molar-refractivity contribution >= 4 is 0 Å². The van der Waals surface area contributed by atoms with E-state index in [0.717, 1.165) is 54.4 Å². The summed E-state index contributed by atoms with van der Waals surface area (Å²) in [6, 6.07) is 27.0. The van der Waals surface area contributed by atoms with Gasteiger partial charge in [-0.15, -0.1) is 0 Å². The van der Waals surface area contributed by atoms with Gasteiger partial charge in [0.1, 0.15) is 0 Å². The summed E-state index contributed by atoms with van der Waals surface area (Å²) in [4.78, 5) is 0. The maximum atomic E-state index is 3.36.